The van der Waals surface area contributed by atoms with Crippen LogP contribution in [0, 0.1) is 0 Å². The highest BCUT2D eigenvalue weighted by molar-refractivity contribution is 6.30. The first-order chi connectivity index (χ1) is 5.83. The van der Waals surface area contributed by atoms with Gasteiger partial charge in [-0.15, -0.1) is 11.6 Å². The highest BCUT2D eigenvalue weighted by Gasteiger charge is 1.91. The van der Waals surface area contributed by atoms with Crippen molar-refractivity contribution >= 4 is 23.2 Å². The van der Waals surface area contributed by atoms with Crippen LogP contribution in [0.25, 0.3) is 0 Å². The zero-order valence-corrected chi connectivity index (χ0v) is 8.20. The van der Waals surface area contributed by atoms with E-state index in [1.807, 2.05) is 24.3 Å². The molecule has 1 N–H and O–H groups in total. The molecule has 0 bridgehead atoms. The lowest BCUT2D eigenvalue weighted by atomic mass is 10.1. The number of rotatable bonds is 4. The first kappa shape index (κ1) is 9.85. The minimum absolute atomic E-state index is 0.508. The van der Waals surface area contributed by atoms with Crippen LogP contribution < -0.4 is 5.32 Å². The van der Waals surface area contributed by atoms with Gasteiger partial charge in [0.1, 0.15) is 0 Å². The Bertz CT molecular complexity index is 220. The van der Waals surface area contributed by atoms with Gasteiger partial charge in [-0.05, 0) is 24.1 Å². The summed E-state index contributed by atoms with van der Waals surface area (Å²) in [5.41, 5.74) is 1.28. The molecule has 0 spiro atoms. The molecule has 0 fully saturated rings. The van der Waals surface area contributed by atoms with Crippen molar-refractivity contribution in [3.05, 3.63) is 34.9 Å². The molecule has 0 aliphatic carbocycles. The summed E-state index contributed by atoms with van der Waals surface area (Å²) in [5, 5.41) is 3.83. The van der Waals surface area contributed by atoms with Crippen molar-refractivity contribution in [3.63, 3.8) is 0 Å². The van der Waals surface area contributed by atoms with E-state index in [2.05, 4.69) is 5.32 Å². The van der Waals surface area contributed by atoms with E-state index in [0.717, 1.165) is 18.0 Å². The number of hydrogen-bond donors (Lipinski definition) is 1. The minimum atomic E-state index is 0.508. The van der Waals surface area contributed by atoms with E-state index in [0.29, 0.717) is 6.00 Å². The normalized spacial score (nSPS) is 10.2. The smallest absolute Gasteiger partial charge is 0.0713 e. The monoisotopic (exact) mass is 203 g/mol. The minimum Gasteiger partial charge on any atom is -0.304 e. The van der Waals surface area contributed by atoms with Crippen LogP contribution >= 0.6 is 23.2 Å². The van der Waals surface area contributed by atoms with Crippen LogP contribution in [0.1, 0.15) is 5.56 Å². The number of alkyl halides is 1. The van der Waals surface area contributed by atoms with E-state index >= 15 is 0 Å². The Labute approximate surface area is 82.7 Å². The molecule has 0 saturated carbocycles. The van der Waals surface area contributed by atoms with Crippen molar-refractivity contribution in [2.24, 2.45) is 0 Å². The molecule has 0 unspecified atom stereocenters. The van der Waals surface area contributed by atoms with E-state index in [4.69, 9.17) is 23.2 Å². The lowest BCUT2D eigenvalue weighted by Gasteiger charge is -2.00. The van der Waals surface area contributed by atoms with Crippen molar-refractivity contribution in [1.29, 1.82) is 0 Å². The summed E-state index contributed by atoms with van der Waals surface area (Å²) >= 11 is 11.2. The van der Waals surface area contributed by atoms with Crippen LogP contribution in [0.4, 0.5) is 0 Å². The van der Waals surface area contributed by atoms with Crippen molar-refractivity contribution in [3.8, 4) is 0 Å². The first-order valence-corrected chi connectivity index (χ1v) is 4.75. The number of halogens is 2. The molecule has 0 saturated heterocycles. The number of benzene rings is 1. The van der Waals surface area contributed by atoms with Crippen LogP contribution in [-0.4, -0.2) is 12.5 Å². The van der Waals surface area contributed by atoms with Gasteiger partial charge in [0.2, 0.25) is 0 Å². The Kier molecular flexibility index (Phi) is 4.44. The number of nitrogens with one attached hydrogen (secondary N) is 1. The molecule has 1 aromatic rings. The molecular weight excluding hydrogens is 193 g/mol. The van der Waals surface area contributed by atoms with Crippen molar-refractivity contribution < 1.29 is 0 Å². The van der Waals surface area contributed by atoms with E-state index in [-0.39, 0.29) is 0 Å². The SMILES string of the molecule is ClCNCCc1ccc(Cl)cc1. The predicted octanol–water partition coefficient (Wildman–Crippen LogP) is 2.67. The van der Waals surface area contributed by atoms with Crippen LogP contribution in [0.5, 0.6) is 0 Å². The van der Waals surface area contributed by atoms with E-state index < -0.39 is 0 Å². The topological polar surface area (TPSA) is 12.0 Å². The van der Waals surface area contributed by atoms with E-state index in [9.17, 15) is 0 Å². The van der Waals surface area contributed by atoms with Gasteiger partial charge in [0.25, 0.3) is 0 Å². The summed E-state index contributed by atoms with van der Waals surface area (Å²) in [7, 11) is 0. The van der Waals surface area contributed by atoms with Crippen molar-refractivity contribution in [1.82, 2.24) is 5.32 Å². The lowest BCUT2D eigenvalue weighted by molar-refractivity contribution is 0.770. The summed E-state index contributed by atoms with van der Waals surface area (Å²) in [5.74, 6) is 0. The fourth-order valence-corrected chi connectivity index (χ4v) is 1.21. The summed E-state index contributed by atoms with van der Waals surface area (Å²) in [6.45, 7) is 0.908. The molecule has 0 atom stereocenters. The molecule has 3 heteroatoms. The molecule has 1 aromatic carbocycles. The highest BCUT2D eigenvalue weighted by atomic mass is 35.5. The first-order valence-electron chi connectivity index (χ1n) is 3.84. The third kappa shape index (κ3) is 3.44. The largest absolute Gasteiger partial charge is 0.304 e. The molecular formula is C9H11Cl2N. The summed E-state index contributed by atoms with van der Waals surface area (Å²) in [6.07, 6.45) is 0.990. The van der Waals surface area contributed by atoms with Gasteiger partial charge in [0.15, 0.2) is 0 Å². The highest BCUT2D eigenvalue weighted by Crippen LogP contribution is 2.09. The summed E-state index contributed by atoms with van der Waals surface area (Å²) in [4.78, 5) is 0. The average molecular weight is 204 g/mol. The Morgan fingerprint density at radius 1 is 1.17 bits per heavy atom. The van der Waals surface area contributed by atoms with Crippen LogP contribution in [-0.2, 0) is 6.42 Å². The van der Waals surface area contributed by atoms with Gasteiger partial charge < -0.3 is 5.32 Å². The average Bonchev–Trinajstić information content (AvgIpc) is 2.09. The fraction of sp³-hybridized carbons (Fsp3) is 0.333. The molecule has 0 aliphatic rings. The second-order valence-electron chi connectivity index (χ2n) is 2.51. The Morgan fingerprint density at radius 2 is 1.83 bits per heavy atom. The summed E-state index contributed by atoms with van der Waals surface area (Å²) in [6, 6.07) is 8.36. The maximum atomic E-state index is 5.74. The molecule has 12 heavy (non-hydrogen) atoms. The predicted molar refractivity (Wildman–Crippen MR) is 53.9 cm³/mol. The van der Waals surface area contributed by atoms with Crippen molar-refractivity contribution in [2.75, 3.05) is 12.5 Å². The van der Waals surface area contributed by atoms with Crippen LogP contribution in [0.2, 0.25) is 5.02 Å². The van der Waals surface area contributed by atoms with Gasteiger partial charge in [-0.25, -0.2) is 0 Å². The van der Waals surface area contributed by atoms with Crippen LogP contribution in [0.15, 0.2) is 24.3 Å². The van der Waals surface area contributed by atoms with Crippen molar-refractivity contribution in [2.45, 2.75) is 6.42 Å². The second kappa shape index (κ2) is 5.41. The Balaban J connectivity index is 2.37. The molecule has 1 rings (SSSR count). The zero-order valence-electron chi connectivity index (χ0n) is 6.69. The molecule has 0 radical (unpaired) electrons. The second-order valence-corrected chi connectivity index (χ2v) is 3.21. The third-order valence-corrected chi connectivity index (χ3v) is 2.04. The molecule has 66 valence electrons. The maximum Gasteiger partial charge on any atom is 0.0713 e. The van der Waals surface area contributed by atoms with Gasteiger partial charge in [-0.3, -0.25) is 0 Å². The molecule has 0 aromatic heterocycles. The molecule has 0 amide bonds. The quantitative estimate of drug-likeness (QED) is 0.451. The Hall–Kier alpha value is -0.240. The maximum absolute atomic E-state index is 5.74. The fourth-order valence-electron chi connectivity index (χ4n) is 0.951. The number of hydrogen-bond acceptors (Lipinski definition) is 1. The van der Waals surface area contributed by atoms with Gasteiger partial charge in [0, 0.05) is 11.6 Å². The Morgan fingerprint density at radius 3 is 2.42 bits per heavy atom. The van der Waals surface area contributed by atoms with Gasteiger partial charge in [-0.2, -0.15) is 0 Å². The zero-order chi connectivity index (χ0) is 8.81. The molecule has 0 aliphatic heterocycles. The summed E-state index contributed by atoms with van der Waals surface area (Å²) < 4.78 is 0. The van der Waals surface area contributed by atoms with Gasteiger partial charge in [-0.1, -0.05) is 23.7 Å². The molecule has 1 nitrogen and oxygen atoms in total. The van der Waals surface area contributed by atoms with E-state index in [1.54, 1.807) is 0 Å². The standard InChI is InChI=1S/C9H11Cl2N/c10-7-12-6-5-8-1-3-9(11)4-2-8/h1-4,12H,5-7H2. The van der Waals surface area contributed by atoms with Gasteiger partial charge in [0.05, 0.1) is 6.00 Å². The lowest BCUT2D eigenvalue weighted by Crippen LogP contribution is -2.14. The third-order valence-electron chi connectivity index (χ3n) is 1.60. The van der Waals surface area contributed by atoms with Crippen LogP contribution in [0.3, 0.4) is 0 Å². The van der Waals surface area contributed by atoms with Gasteiger partial charge >= 0.3 is 0 Å². The van der Waals surface area contributed by atoms with E-state index in [1.165, 1.54) is 5.56 Å². The molecule has 0 heterocycles.